The van der Waals surface area contributed by atoms with E-state index in [1.165, 1.54) is 4.31 Å². The fourth-order valence-electron chi connectivity index (χ4n) is 3.33. The Morgan fingerprint density at radius 2 is 2.04 bits per heavy atom. The molecular formula is C16H27N5O3S. The first-order valence-corrected chi connectivity index (χ1v) is 10.5. The minimum atomic E-state index is -3.48. The second kappa shape index (κ2) is 7.43. The molecule has 0 atom stereocenters. The van der Waals surface area contributed by atoms with E-state index >= 15 is 0 Å². The van der Waals surface area contributed by atoms with Gasteiger partial charge in [0.1, 0.15) is 0 Å². The molecular weight excluding hydrogens is 342 g/mol. The molecule has 1 amide bonds. The third-order valence-corrected chi connectivity index (χ3v) is 6.80. The van der Waals surface area contributed by atoms with Gasteiger partial charge in [-0.05, 0) is 18.9 Å². The van der Waals surface area contributed by atoms with Crippen LogP contribution in [0.15, 0.2) is 6.07 Å². The number of aromatic nitrogens is 2. The van der Waals surface area contributed by atoms with Crippen molar-refractivity contribution in [1.82, 2.24) is 23.7 Å². The standard InChI is InChI=1S/C16H27N5O3S/c1-3-20(4-2)25(23,24)17-11-14-10-15-12-19(8-9-21(15)18-14)16(22)13-6-5-7-13/h10,13,17H,3-9,11-12H2,1-2H3. The van der Waals surface area contributed by atoms with Crippen LogP contribution in [0, 0.1) is 5.92 Å². The van der Waals surface area contributed by atoms with Crippen molar-refractivity contribution in [3.63, 3.8) is 0 Å². The van der Waals surface area contributed by atoms with Crippen molar-refractivity contribution in [3.8, 4) is 0 Å². The molecule has 1 aliphatic heterocycles. The normalized spacial score (nSPS) is 18.3. The number of hydrogen-bond donors (Lipinski definition) is 1. The Morgan fingerprint density at radius 3 is 2.64 bits per heavy atom. The molecule has 1 aliphatic carbocycles. The summed E-state index contributed by atoms with van der Waals surface area (Å²) < 4.78 is 30.2. The van der Waals surface area contributed by atoms with Crippen molar-refractivity contribution in [3.05, 3.63) is 17.5 Å². The predicted octanol–water partition coefficient (Wildman–Crippen LogP) is 0.702. The zero-order chi connectivity index (χ0) is 18.0. The van der Waals surface area contributed by atoms with Crippen LogP contribution in [0.25, 0.3) is 0 Å². The lowest BCUT2D eigenvalue weighted by molar-refractivity contribution is -0.139. The topological polar surface area (TPSA) is 87.5 Å². The maximum absolute atomic E-state index is 12.4. The summed E-state index contributed by atoms with van der Waals surface area (Å²) in [6, 6.07) is 1.89. The summed E-state index contributed by atoms with van der Waals surface area (Å²) >= 11 is 0. The largest absolute Gasteiger partial charge is 0.335 e. The third kappa shape index (κ3) is 3.88. The van der Waals surface area contributed by atoms with Crippen LogP contribution in [0.5, 0.6) is 0 Å². The number of carbonyl (C=O) groups excluding carboxylic acids is 1. The Morgan fingerprint density at radius 1 is 1.32 bits per heavy atom. The SMILES string of the molecule is CCN(CC)S(=O)(=O)NCc1cc2n(n1)CCN(C(=O)C1CCC1)C2. The summed E-state index contributed by atoms with van der Waals surface area (Å²) in [5, 5.41) is 4.47. The van der Waals surface area contributed by atoms with Gasteiger partial charge in [0.2, 0.25) is 5.91 Å². The molecule has 1 saturated carbocycles. The summed E-state index contributed by atoms with van der Waals surface area (Å²) in [4.78, 5) is 14.3. The van der Waals surface area contributed by atoms with Gasteiger partial charge in [-0.2, -0.15) is 22.5 Å². The highest BCUT2D eigenvalue weighted by Gasteiger charge is 2.31. The maximum Gasteiger partial charge on any atom is 0.279 e. The van der Waals surface area contributed by atoms with E-state index in [1.54, 1.807) is 0 Å². The van der Waals surface area contributed by atoms with Crippen molar-refractivity contribution >= 4 is 16.1 Å². The van der Waals surface area contributed by atoms with Crippen LogP contribution in [-0.2, 0) is 34.6 Å². The molecule has 8 nitrogen and oxygen atoms in total. The molecule has 0 saturated heterocycles. The van der Waals surface area contributed by atoms with E-state index in [9.17, 15) is 13.2 Å². The number of rotatable bonds is 7. The molecule has 9 heteroatoms. The Kier molecular flexibility index (Phi) is 5.45. The molecule has 0 bridgehead atoms. The first kappa shape index (κ1) is 18.3. The molecule has 2 aliphatic rings. The monoisotopic (exact) mass is 369 g/mol. The number of hydrogen-bond acceptors (Lipinski definition) is 4. The van der Waals surface area contributed by atoms with Crippen molar-refractivity contribution in [2.45, 2.75) is 52.7 Å². The molecule has 1 fully saturated rings. The minimum absolute atomic E-state index is 0.162. The van der Waals surface area contributed by atoms with Crippen LogP contribution in [0.3, 0.4) is 0 Å². The van der Waals surface area contributed by atoms with Gasteiger partial charge in [0, 0.05) is 25.6 Å². The number of fused-ring (bicyclic) bond motifs is 1. The van der Waals surface area contributed by atoms with Crippen molar-refractivity contribution in [2.75, 3.05) is 19.6 Å². The zero-order valence-electron chi connectivity index (χ0n) is 14.9. The molecule has 140 valence electrons. The number of amides is 1. The minimum Gasteiger partial charge on any atom is -0.335 e. The first-order valence-electron chi connectivity index (χ1n) is 9.03. The van der Waals surface area contributed by atoms with Gasteiger partial charge in [-0.15, -0.1) is 0 Å². The lowest BCUT2D eigenvalue weighted by Crippen LogP contribution is -2.43. The Hall–Kier alpha value is -1.45. The third-order valence-electron chi connectivity index (χ3n) is 5.10. The van der Waals surface area contributed by atoms with Gasteiger partial charge in [0.25, 0.3) is 10.2 Å². The molecule has 2 heterocycles. The van der Waals surface area contributed by atoms with E-state index in [-0.39, 0.29) is 18.4 Å². The summed E-state index contributed by atoms with van der Waals surface area (Å²) in [5.41, 5.74) is 1.65. The highest BCUT2D eigenvalue weighted by molar-refractivity contribution is 7.87. The molecule has 0 spiro atoms. The molecule has 25 heavy (non-hydrogen) atoms. The summed E-state index contributed by atoms with van der Waals surface area (Å²) in [6.45, 7) is 6.55. The molecule has 3 rings (SSSR count). The number of nitrogens with one attached hydrogen (secondary N) is 1. The lowest BCUT2D eigenvalue weighted by atomic mass is 9.84. The van der Waals surface area contributed by atoms with E-state index in [0.717, 1.165) is 25.0 Å². The van der Waals surface area contributed by atoms with Gasteiger partial charge >= 0.3 is 0 Å². The zero-order valence-corrected chi connectivity index (χ0v) is 15.8. The highest BCUT2D eigenvalue weighted by Crippen LogP contribution is 2.29. The van der Waals surface area contributed by atoms with E-state index in [2.05, 4.69) is 9.82 Å². The second-order valence-electron chi connectivity index (χ2n) is 6.65. The van der Waals surface area contributed by atoms with Gasteiger partial charge in [-0.3, -0.25) is 9.48 Å². The first-order chi connectivity index (χ1) is 11.9. The fourth-order valence-corrected chi connectivity index (χ4v) is 4.53. The summed E-state index contributed by atoms with van der Waals surface area (Å²) in [6.07, 6.45) is 3.17. The Bertz CT molecular complexity index is 722. The van der Waals surface area contributed by atoms with Gasteiger partial charge < -0.3 is 4.90 Å². The van der Waals surface area contributed by atoms with Crippen molar-refractivity contribution < 1.29 is 13.2 Å². The second-order valence-corrected chi connectivity index (χ2v) is 8.40. The molecule has 1 N–H and O–H groups in total. The number of nitrogens with zero attached hydrogens (tertiary/aromatic N) is 4. The van der Waals surface area contributed by atoms with E-state index in [1.807, 2.05) is 29.5 Å². The highest BCUT2D eigenvalue weighted by atomic mass is 32.2. The Labute approximate surface area is 149 Å². The molecule has 1 aromatic rings. The fraction of sp³-hybridized carbons (Fsp3) is 0.750. The average molecular weight is 369 g/mol. The smallest absolute Gasteiger partial charge is 0.279 e. The van der Waals surface area contributed by atoms with Crippen LogP contribution in [0.2, 0.25) is 0 Å². The van der Waals surface area contributed by atoms with Crippen molar-refractivity contribution in [2.24, 2.45) is 5.92 Å². The van der Waals surface area contributed by atoms with E-state index in [0.29, 0.717) is 38.4 Å². The van der Waals surface area contributed by atoms with Crippen molar-refractivity contribution in [1.29, 1.82) is 0 Å². The maximum atomic E-state index is 12.4. The van der Waals surface area contributed by atoms with E-state index in [4.69, 9.17) is 0 Å². The van der Waals surface area contributed by atoms with Crippen LogP contribution < -0.4 is 4.72 Å². The number of carbonyl (C=O) groups is 1. The van der Waals surface area contributed by atoms with Gasteiger partial charge in [-0.1, -0.05) is 20.3 Å². The van der Waals surface area contributed by atoms with Crippen LogP contribution in [-0.4, -0.2) is 52.9 Å². The van der Waals surface area contributed by atoms with Crippen LogP contribution in [0.4, 0.5) is 0 Å². The lowest BCUT2D eigenvalue weighted by Gasteiger charge is -2.34. The molecule has 0 radical (unpaired) electrons. The summed E-state index contributed by atoms with van der Waals surface area (Å²) in [7, 11) is -3.48. The van der Waals surface area contributed by atoms with Gasteiger partial charge in [0.15, 0.2) is 0 Å². The Balaban J connectivity index is 1.61. The molecule has 1 aromatic heterocycles. The predicted molar refractivity (Wildman–Crippen MR) is 93.7 cm³/mol. The molecule has 0 unspecified atom stereocenters. The summed E-state index contributed by atoms with van der Waals surface area (Å²) in [5.74, 6) is 0.456. The quantitative estimate of drug-likeness (QED) is 0.766. The average Bonchev–Trinajstić information content (AvgIpc) is 2.94. The van der Waals surface area contributed by atoms with Crippen LogP contribution >= 0.6 is 0 Å². The van der Waals surface area contributed by atoms with Gasteiger partial charge in [-0.25, -0.2) is 0 Å². The van der Waals surface area contributed by atoms with Gasteiger partial charge in [0.05, 0.1) is 31.0 Å². The molecule has 0 aromatic carbocycles. The van der Waals surface area contributed by atoms with E-state index < -0.39 is 10.2 Å². The van der Waals surface area contributed by atoms with Crippen LogP contribution in [0.1, 0.15) is 44.5 Å².